The van der Waals surface area contributed by atoms with Crippen LogP contribution >= 0.6 is 23.1 Å². The van der Waals surface area contributed by atoms with Crippen molar-refractivity contribution in [3.05, 3.63) is 69.8 Å². The van der Waals surface area contributed by atoms with Crippen LogP contribution in [0.15, 0.2) is 58.3 Å². The molecule has 156 valence electrons. The SMILES string of the molecule is C=CCn1c(SCC(=O)NCC(C)c2ccccc2)nc2scc(C3CC3)c2c1=O. The molecule has 30 heavy (non-hydrogen) atoms. The maximum atomic E-state index is 13.1. The molecule has 5 nitrogen and oxygen atoms in total. The van der Waals surface area contributed by atoms with Crippen molar-refractivity contribution in [3.8, 4) is 0 Å². The smallest absolute Gasteiger partial charge is 0.263 e. The first-order valence-corrected chi connectivity index (χ1v) is 12.0. The van der Waals surface area contributed by atoms with Crippen LogP contribution in [0.5, 0.6) is 0 Å². The molecule has 0 saturated heterocycles. The normalized spacial score (nSPS) is 14.6. The van der Waals surface area contributed by atoms with Crippen LogP contribution in [0.25, 0.3) is 10.2 Å². The lowest BCUT2D eigenvalue weighted by molar-refractivity contribution is -0.118. The van der Waals surface area contributed by atoms with Crippen LogP contribution in [-0.2, 0) is 11.3 Å². The van der Waals surface area contributed by atoms with E-state index in [9.17, 15) is 9.59 Å². The zero-order valence-corrected chi connectivity index (χ0v) is 18.6. The molecule has 1 N–H and O–H groups in total. The Morgan fingerprint density at radius 2 is 2.17 bits per heavy atom. The molecule has 3 aromatic rings. The van der Waals surface area contributed by atoms with E-state index in [1.807, 2.05) is 18.2 Å². The van der Waals surface area contributed by atoms with Crippen LogP contribution in [0.4, 0.5) is 0 Å². The summed E-state index contributed by atoms with van der Waals surface area (Å²) in [5, 5.41) is 6.38. The summed E-state index contributed by atoms with van der Waals surface area (Å²) in [4.78, 5) is 31.0. The van der Waals surface area contributed by atoms with Crippen molar-refractivity contribution in [2.75, 3.05) is 12.3 Å². The number of nitrogens with zero attached hydrogens (tertiary/aromatic N) is 2. The van der Waals surface area contributed by atoms with Crippen LogP contribution in [0.2, 0.25) is 0 Å². The van der Waals surface area contributed by atoms with E-state index in [-0.39, 0.29) is 23.1 Å². The molecule has 1 fully saturated rings. The van der Waals surface area contributed by atoms with Crippen molar-refractivity contribution in [1.82, 2.24) is 14.9 Å². The van der Waals surface area contributed by atoms with E-state index >= 15 is 0 Å². The van der Waals surface area contributed by atoms with Gasteiger partial charge in [-0.1, -0.05) is 55.1 Å². The maximum Gasteiger partial charge on any atom is 0.263 e. The van der Waals surface area contributed by atoms with Gasteiger partial charge in [-0.15, -0.1) is 17.9 Å². The highest BCUT2D eigenvalue weighted by atomic mass is 32.2. The van der Waals surface area contributed by atoms with Gasteiger partial charge in [0.2, 0.25) is 5.91 Å². The van der Waals surface area contributed by atoms with E-state index in [4.69, 9.17) is 4.98 Å². The molecule has 0 aliphatic heterocycles. The molecule has 7 heteroatoms. The van der Waals surface area contributed by atoms with Gasteiger partial charge >= 0.3 is 0 Å². The van der Waals surface area contributed by atoms with Crippen LogP contribution in [0.3, 0.4) is 0 Å². The number of nitrogens with one attached hydrogen (secondary N) is 1. The molecule has 1 atom stereocenters. The van der Waals surface area contributed by atoms with Crippen molar-refractivity contribution >= 4 is 39.2 Å². The predicted molar refractivity (Wildman–Crippen MR) is 125 cm³/mol. The van der Waals surface area contributed by atoms with Crippen molar-refractivity contribution in [3.63, 3.8) is 0 Å². The Hall–Kier alpha value is -2.38. The first kappa shape index (κ1) is 20.9. The Morgan fingerprint density at radius 1 is 1.40 bits per heavy atom. The van der Waals surface area contributed by atoms with Crippen LogP contribution in [0, 0.1) is 0 Å². The van der Waals surface area contributed by atoms with E-state index < -0.39 is 0 Å². The number of fused-ring (bicyclic) bond motifs is 1. The standard InChI is InChI=1S/C23H25N3O2S2/c1-3-11-26-22(28)20-18(17-9-10-17)13-29-21(20)25-23(26)30-14-19(27)24-12-15(2)16-7-5-4-6-8-16/h3-8,13,15,17H,1,9-12,14H2,2H3,(H,24,27). The molecule has 1 amide bonds. The number of aromatic nitrogens is 2. The zero-order valence-electron chi connectivity index (χ0n) is 17.0. The molecule has 2 heterocycles. The lowest BCUT2D eigenvalue weighted by Crippen LogP contribution is -2.29. The quantitative estimate of drug-likeness (QED) is 0.302. The fourth-order valence-corrected chi connectivity index (χ4v) is 5.37. The highest BCUT2D eigenvalue weighted by Gasteiger charge is 2.28. The number of hydrogen-bond donors (Lipinski definition) is 1. The largest absolute Gasteiger partial charge is 0.355 e. The van der Waals surface area contributed by atoms with Gasteiger partial charge < -0.3 is 5.32 Å². The molecule has 1 aliphatic carbocycles. The van der Waals surface area contributed by atoms with Gasteiger partial charge in [0.05, 0.1) is 11.1 Å². The molecule has 0 spiro atoms. The second-order valence-electron chi connectivity index (χ2n) is 7.65. The van der Waals surface area contributed by atoms with Gasteiger partial charge in [-0.3, -0.25) is 14.2 Å². The molecule has 4 rings (SSSR count). The summed E-state index contributed by atoms with van der Waals surface area (Å²) < 4.78 is 1.64. The number of allylic oxidation sites excluding steroid dienone is 1. The van der Waals surface area contributed by atoms with Crippen molar-refractivity contribution in [2.24, 2.45) is 0 Å². The summed E-state index contributed by atoms with van der Waals surface area (Å²) in [6.07, 6.45) is 3.99. The number of thiophene rings is 1. The monoisotopic (exact) mass is 439 g/mol. The fraction of sp³-hybridized carbons (Fsp3) is 0.348. The highest BCUT2D eigenvalue weighted by molar-refractivity contribution is 7.99. The molecule has 1 unspecified atom stereocenters. The van der Waals surface area contributed by atoms with E-state index in [1.165, 1.54) is 28.7 Å². The number of amides is 1. The van der Waals surface area contributed by atoms with E-state index in [0.717, 1.165) is 28.6 Å². The third kappa shape index (κ3) is 4.52. The first-order valence-electron chi connectivity index (χ1n) is 10.2. The van der Waals surface area contributed by atoms with Crippen molar-refractivity contribution in [1.29, 1.82) is 0 Å². The number of hydrogen-bond acceptors (Lipinski definition) is 5. The first-order chi connectivity index (χ1) is 14.6. The molecular weight excluding hydrogens is 414 g/mol. The fourth-order valence-electron chi connectivity index (χ4n) is 3.47. The Bertz CT molecular complexity index is 1120. The third-order valence-electron chi connectivity index (χ3n) is 5.32. The summed E-state index contributed by atoms with van der Waals surface area (Å²) >= 11 is 2.82. The number of carbonyl (C=O) groups excluding carboxylic acids is 1. The topological polar surface area (TPSA) is 64.0 Å². The highest BCUT2D eigenvalue weighted by Crippen LogP contribution is 2.44. The minimum atomic E-state index is -0.0628. The average Bonchev–Trinajstić information content (AvgIpc) is 3.52. The van der Waals surface area contributed by atoms with Gasteiger partial charge in [-0.25, -0.2) is 4.98 Å². The molecule has 2 aromatic heterocycles. The Morgan fingerprint density at radius 3 is 2.87 bits per heavy atom. The number of rotatable bonds is 9. The summed E-state index contributed by atoms with van der Waals surface area (Å²) in [6, 6.07) is 10.1. The summed E-state index contributed by atoms with van der Waals surface area (Å²) in [6.45, 7) is 6.83. The minimum Gasteiger partial charge on any atom is -0.355 e. The van der Waals surface area contributed by atoms with E-state index in [2.05, 4.69) is 36.3 Å². The Labute approximate surface area is 184 Å². The summed E-state index contributed by atoms with van der Waals surface area (Å²) in [5.74, 6) is 0.895. The van der Waals surface area contributed by atoms with Crippen LogP contribution in [-0.4, -0.2) is 27.8 Å². The van der Waals surface area contributed by atoms with Crippen molar-refractivity contribution in [2.45, 2.75) is 43.3 Å². The van der Waals surface area contributed by atoms with Gasteiger partial charge in [0.25, 0.3) is 5.56 Å². The molecule has 0 bridgehead atoms. The maximum absolute atomic E-state index is 13.1. The summed E-state index contributed by atoms with van der Waals surface area (Å²) in [7, 11) is 0. The molecule has 1 aliphatic rings. The molecule has 1 saturated carbocycles. The number of benzene rings is 1. The third-order valence-corrected chi connectivity index (χ3v) is 7.19. The molecular formula is C23H25N3O2S2. The number of thioether (sulfide) groups is 1. The predicted octanol–water partition coefficient (Wildman–Crippen LogP) is 4.53. The lowest BCUT2D eigenvalue weighted by atomic mass is 10.0. The Balaban J connectivity index is 1.45. The summed E-state index contributed by atoms with van der Waals surface area (Å²) in [5.41, 5.74) is 2.31. The van der Waals surface area contributed by atoms with Crippen LogP contribution < -0.4 is 10.9 Å². The average molecular weight is 440 g/mol. The molecule has 1 aromatic carbocycles. The van der Waals surface area contributed by atoms with Gasteiger partial charge in [0.15, 0.2) is 5.16 Å². The van der Waals surface area contributed by atoms with Crippen molar-refractivity contribution < 1.29 is 4.79 Å². The van der Waals surface area contributed by atoms with Gasteiger partial charge in [0.1, 0.15) is 4.83 Å². The minimum absolute atomic E-state index is 0.0244. The van der Waals surface area contributed by atoms with Crippen LogP contribution in [0.1, 0.15) is 42.7 Å². The zero-order chi connectivity index (χ0) is 21.1. The lowest BCUT2D eigenvalue weighted by Gasteiger charge is -2.14. The van der Waals surface area contributed by atoms with E-state index in [0.29, 0.717) is 24.2 Å². The Kier molecular flexibility index (Phi) is 6.39. The van der Waals surface area contributed by atoms with Gasteiger partial charge in [-0.05, 0) is 41.2 Å². The van der Waals surface area contributed by atoms with Gasteiger partial charge in [-0.2, -0.15) is 0 Å². The van der Waals surface area contributed by atoms with Gasteiger partial charge in [0, 0.05) is 13.1 Å². The number of carbonyl (C=O) groups is 1. The van der Waals surface area contributed by atoms with E-state index in [1.54, 1.807) is 10.6 Å². The second kappa shape index (κ2) is 9.18. The molecule has 0 radical (unpaired) electrons. The second-order valence-corrected chi connectivity index (χ2v) is 9.45.